The molecule has 5 nitrogen and oxygen atoms in total. The van der Waals surface area contributed by atoms with Crippen LogP contribution in [-0.4, -0.2) is 51.7 Å². The van der Waals surface area contributed by atoms with E-state index in [4.69, 9.17) is 23.2 Å². The highest BCUT2D eigenvalue weighted by Gasteiger charge is 2.22. The molecule has 0 spiro atoms. The Morgan fingerprint density at radius 2 is 1.85 bits per heavy atom. The van der Waals surface area contributed by atoms with Crippen LogP contribution in [0.2, 0.25) is 10.0 Å². The summed E-state index contributed by atoms with van der Waals surface area (Å²) < 4.78 is 3.02. The van der Waals surface area contributed by atoms with Crippen LogP contribution in [0, 0.1) is 10.5 Å². The molecule has 0 aliphatic carbocycles. The van der Waals surface area contributed by atoms with Crippen LogP contribution >= 0.6 is 45.8 Å². The van der Waals surface area contributed by atoms with Crippen LogP contribution in [0.3, 0.4) is 0 Å². The SMILES string of the molecule is Cc1c(I)cnn1CCC(=O)N1CCN(Cc2c(Cl)cccc2Cl)CC1. The van der Waals surface area contributed by atoms with Crippen LogP contribution in [0.25, 0.3) is 0 Å². The predicted octanol–water partition coefficient (Wildman–Crippen LogP) is 3.84. The zero-order chi connectivity index (χ0) is 18.7. The average Bonchev–Trinajstić information content (AvgIpc) is 2.95. The minimum atomic E-state index is 0.185. The molecule has 1 aliphatic heterocycles. The molecule has 0 atom stereocenters. The lowest BCUT2D eigenvalue weighted by atomic mass is 10.2. The third-order valence-electron chi connectivity index (χ3n) is 4.75. The Hall–Kier alpha value is -0.830. The van der Waals surface area contributed by atoms with Gasteiger partial charge in [0.05, 0.1) is 9.77 Å². The minimum Gasteiger partial charge on any atom is -0.340 e. The quantitative estimate of drug-likeness (QED) is 0.578. The van der Waals surface area contributed by atoms with E-state index in [0.29, 0.717) is 29.6 Å². The number of rotatable bonds is 5. The average molecular weight is 507 g/mol. The number of piperazine rings is 1. The largest absolute Gasteiger partial charge is 0.340 e. The molecule has 0 radical (unpaired) electrons. The van der Waals surface area contributed by atoms with Gasteiger partial charge in [0.1, 0.15) is 0 Å². The molecule has 2 aromatic rings. The molecule has 1 aliphatic rings. The van der Waals surface area contributed by atoms with Gasteiger partial charge in [0.25, 0.3) is 0 Å². The first-order chi connectivity index (χ1) is 12.5. The summed E-state index contributed by atoms with van der Waals surface area (Å²) in [6, 6.07) is 5.58. The maximum atomic E-state index is 12.5. The predicted molar refractivity (Wildman–Crippen MR) is 113 cm³/mol. The fourth-order valence-electron chi connectivity index (χ4n) is 3.07. The fraction of sp³-hybridized carbons (Fsp3) is 0.444. The monoisotopic (exact) mass is 506 g/mol. The third kappa shape index (κ3) is 4.71. The first-order valence-electron chi connectivity index (χ1n) is 8.56. The summed E-state index contributed by atoms with van der Waals surface area (Å²) in [5.41, 5.74) is 2.07. The van der Waals surface area contributed by atoms with Gasteiger partial charge in [-0.3, -0.25) is 14.4 Å². The maximum Gasteiger partial charge on any atom is 0.224 e. The Morgan fingerprint density at radius 3 is 2.42 bits per heavy atom. The minimum absolute atomic E-state index is 0.185. The Labute approximate surface area is 177 Å². The van der Waals surface area contributed by atoms with E-state index >= 15 is 0 Å². The lowest BCUT2D eigenvalue weighted by Gasteiger charge is -2.35. The van der Waals surface area contributed by atoms with E-state index in [1.165, 1.54) is 0 Å². The van der Waals surface area contributed by atoms with Crippen molar-refractivity contribution < 1.29 is 4.79 Å². The van der Waals surface area contributed by atoms with E-state index in [0.717, 1.165) is 41.0 Å². The van der Waals surface area contributed by atoms with E-state index in [1.807, 2.05) is 40.9 Å². The number of nitrogens with zero attached hydrogens (tertiary/aromatic N) is 4. The van der Waals surface area contributed by atoms with Gasteiger partial charge in [-0.25, -0.2) is 0 Å². The molecule has 1 fully saturated rings. The molecule has 0 N–H and O–H groups in total. The second-order valence-corrected chi connectivity index (χ2v) is 8.38. The second-order valence-electron chi connectivity index (χ2n) is 6.41. The van der Waals surface area contributed by atoms with Gasteiger partial charge >= 0.3 is 0 Å². The van der Waals surface area contributed by atoms with Crippen molar-refractivity contribution >= 4 is 51.7 Å². The number of benzene rings is 1. The number of hydrogen-bond donors (Lipinski definition) is 0. The molecular formula is C18H21Cl2IN4O. The Kier molecular flexibility index (Phi) is 6.82. The molecule has 1 amide bonds. The Balaban J connectivity index is 1.48. The summed E-state index contributed by atoms with van der Waals surface area (Å²) in [5.74, 6) is 0.185. The number of aromatic nitrogens is 2. The molecule has 0 unspecified atom stereocenters. The number of carbonyl (C=O) groups is 1. The van der Waals surface area contributed by atoms with Gasteiger partial charge in [-0.2, -0.15) is 5.10 Å². The second kappa shape index (κ2) is 8.91. The first-order valence-corrected chi connectivity index (χ1v) is 10.4. The highest BCUT2D eigenvalue weighted by molar-refractivity contribution is 14.1. The zero-order valence-electron chi connectivity index (χ0n) is 14.6. The number of halogens is 3. The van der Waals surface area contributed by atoms with Crippen LogP contribution < -0.4 is 0 Å². The Bertz CT molecular complexity index is 767. The third-order valence-corrected chi connectivity index (χ3v) is 6.52. The zero-order valence-corrected chi connectivity index (χ0v) is 18.3. The molecule has 0 bridgehead atoms. The molecule has 26 heavy (non-hydrogen) atoms. The lowest BCUT2D eigenvalue weighted by molar-refractivity contribution is -0.133. The number of aryl methyl sites for hydroxylation is 1. The van der Waals surface area contributed by atoms with Crippen molar-refractivity contribution in [2.45, 2.75) is 26.4 Å². The van der Waals surface area contributed by atoms with Crippen LogP contribution in [0.4, 0.5) is 0 Å². The van der Waals surface area contributed by atoms with Gasteiger partial charge in [-0.1, -0.05) is 29.3 Å². The maximum absolute atomic E-state index is 12.5. The molecule has 3 rings (SSSR count). The van der Waals surface area contributed by atoms with Crippen molar-refractivity contribution in [1.82, 2.24) is 19.6 Å². The molecule has 1 saturated heterocycles. The summed E-state index contributed by atoms with van der Waals surface area (Å²) in [6.45, 7) is 6.48. The van der Waals surface area contributed by atoms with Gasteiger partial charge in [0, 0.05) is 67.0 Å². The molecule has 140 valence electrons. The summed E-state index contributed by atoms with van der Waals surface area (Å²) in [7, 11) is 0. The molecule has 1 aromatic carbocycles. The number of amides is 1. The van der Waals surface area contributed by atoms with Crippen molar-refractivity contribution in [2.75, 3.05) is 26.2 Å². The van der Waals surface area contributed by atoms with Crippen molar-refractivity contribution in [2.24, 2.45) is 0 Å². The normalized spacial score (nSPS) is 15.5. The number of hydrogen-bond acceptors (Lipinski definition) is 3. The summed E-state index contributed by atoms with van der Waals surface area (Å²) in [4.78, 5) is 16.7. The van der Waals surface area contributed by atoms with E-state index in [1.54, 1.807) is 0 Å². The van der Waals surface area contributed by atoms with Gasteiger partial charge in [0.2, 0.25) is 5.91 Å². The standard InChI is InChI=1S/C18H21Cl2IN4O/c1-13-17(21)11-22-25(13)6-5-18(26)24-9-7-23(8-10-24)12-14-15(19)3-2-4-16(14)20/h2-4,11H,5-10,12H2,1H3. The highest BCUT2D eigenvalue weighted by Crippen LogP contribution is 2.26. The van der Waals surface area contributed by atoms with Crippen LogP contribution in [0.15, 0.2) is 24.4 Å². The Morgan fingerprint density at radius 1 is 1.19 bits per heavy atom. The molecule has 1 aromatic heterocycles. The molecular weight excluding hydrogens is 486 g/mol. The lowest BCUT2D eigenvalue weighted by Crippen LogP contribution is -2.48. The summed E-state index contributed by atoms with van der Waals surface area (Å²) in [6.07, 6.45) is 2.31. The smallest absolute Gasteiger partial charge is 0.224 e. The van der Waals surface area contributed by atoms with Crippen molar-refractivity contribution in [3.05, 3.63) is 49.3 Å². The van der Waals surface area contributed by atoms with E-state index in [-0.39, 0.29) is 5.91 Å². The van der Waals surface area contributed by atoms with Gasteiger partial charge in [-0.05, 0) is 41.6 Å². The highest BCUT2D eigenvalue weighted by atomic mass is 127. The van der Waals surface area contributed by atoms with Gasteiger partial charge < -0.3 is 4.90 Å². The van der Waals surface area contributed by atoms with Gasteiger partial charge in [-0.15, -0.1) is 0 Å². The van der Waals surface area contributed by atoms with Crippen LogP contribution in [0.5, 0.6) is 0 Å². The van der Waals surface area contributed by atoms with Crippen molar-refractivity contribution in [3.63, 3.8) is 0 Å². The molecule has 0 saturated carbocycles. The number of carbonyl (C=O) groups excluding carboxylic acids is 1. The van der Waals surface area contributed by atoms with E-state index in [2.05, 4.69) is 32.6 Å². The van der Waals surface area contributed by atoms with Gasteiger partial charge in [0.15, 0.2) is 0 Å². The summed E-state index contributed by atoms with van der Waals surface area (Å²) in [5, 5.41) is 5.70. The molecule has 2 heterocycles. The molecule has 8 heteroatoms. The fourth-order valence-corrected chi connectivity index (χ4v) is 3.99. The topological polar surface area (TPSA) is 41.4 Å². The van der Waals surface area contributed by atoms with Crippen LogP contribution in [-0.2, 0) is 17.9 Å². The van der Waals surface area contributed by atoms with E-state index in [9.17, 15) is 4.79 Å². The first kappa shape index (κ1) is 19.9. The van der Waals surface area contributed by atoms with Crippen molar-refractivity contribution in [3.8, 4) is 0 Å². The van der Waals surface area contributed by atoms with Crippen molar-refractivity contribution in [1.29, 1.82) is 0 Å². The van der Waals surface area contributed by atoms with Crippen LogP contribution in [0.1, 0.15) is 17.7 Å². The van der Waals surface area contributed by atoms with E-state index < -0.39 is 0 Å². The summed E-state index contributed by atoms with van der Waals surface area (Å²) >= 11 is 14.8.